The Morgan fingerprint density at radius 2 is 1.96 bits per heavy atom. The molecule has 2 N–H and O–H groups in total. The van der Waals surface area contributed by atoms with Crippen LogP contribution in [-0.4, -0.2) is 60.3 Å². The second kappa shape index (κ2) is 7.23. The third-order valence-corrected chi connectivity index (χ3v) is 4.82. The number of aliphatic hydroxyl groups is 1. The maximum Gasteiger partial charge on any atom is 0.176 e. The molecule has 1 aromatic rings. The summed E-state index contributed by atoms with van der Waals surface area (Å²) in [6.07, 6.45) is -1.08. The van der Waals surface area contributed by atoms with E-state index in [4.69, 9.17) is 9.47 Å². The molecule has 23 heavy (non-hydrogen) atoms. The summed E-state index contributed by atoms with van der Waals surface area (Å²) in [5.74, 6) is -0.247. The second-order valence-corrected chi connectivity index (χ2v) is 6.11. The molecule has 0 aliphatic carbocycles. The molecule has 6 heteroatoms. The zero-order valence-electron chi connectivity index (χ0n) is 13.6. The van der Waals surface area contributed by atoms with E-state index in [0.717, 1.165) is 18.7 Å². The third kappa shape index (κ3) is 3.41. The summed E-state index contributed by atoms with van der Waals surface area (Å²) in [7, 11) is 0. The van der Waals surface area contributed by atoms with Crippen molar-refractivity contribution in [2.45, 2.75) is 51.0 Å². The average molecular weight is 324 g/mol. The zero-order chi connectivity index (χ0) is 16.4. The third-order valence-electron chi connectivity index (χ3n) is 4.82. The minimum absolute atomic E-state index is 0.151. The first-order valence-corrected chi connectivity index (χ1v) is 8.31. The molecule has 3 rings (SSSR count). The summed E-state index contributed by atoms with van der Waals surface area (Å²) >= 11 is 0. The van der Waals surface area contributed by atoms with Crippen molar-refractivity contribution in [3.05, 3.63) is 35.6 Å². The number of benzene rings is 1. The van der Waals surface area contributed by atoms with Crippen LogP contribution in [0.3, 0.4) is 0 Å². The largest absolute Gasteiger partial charge is 0.390 e. The fraction of sp³-hybridized carbons (Fsp3) is 0.647. The maximum atomic E-state index is 13.0. The lowest BCUT2D eigenvalue weighted by molar-refractivity contribution is -0.181. The Hall–Kier alpha value is -1.05. The topological polar surface area (TPSA) is 54.0 Å². The van der Waals surface area contributed by atoms with Gasteiger partial charge in [-0.3, -0.25) is 4.90 Å². The van der Waals surface area contributed by atoms with Crippen molar-refractivity contribution < 1.29 is 19.0 Å². The number of nitrogens with one attached hydrogen (secondary N) is 1. The van der Waals surface area contributed by atoms with Gasteiger partial charge in [-0.25, -0.2) is 4.39 Å². The normalized spacial score (nSPS) is 33.3. The van der Waals surface area contributed by atoms with Gasteiger partial charge in [-0.15, -0.1) is 0 Å². The standard InChI is InChI=1S/C17H25FN2O3/c1-3-20(4-2)15-16(21)14(13-10-22-17(15)23-13)19-9-11-5-7-12(18)8-6-11/h5-8,13-17,19,21H,3-4,9-10H2,1-2H3. The van der Waals surface area contributed by atoms with Crippen molar-refractivity contribution in [3.8, 4) is 0 Å². The van der Waals surface area contributed by atoms with E-state index < -0.39 is 6.10 Å². The van der Waals surface area contributed by atoms with E-state index in [0.29, 0.717) is 13.2 Å². The molecule has 1 aromatic carbocycles. The van der Waals surface area contributed by atoms with Crippen LogP contribution in [0, 0.1) is 5.82 Å². The molecular formula is C17H25FN2O3. The smallest absolute Gasteiger partial charge is 0.176 e. The van der Waals surface area contributed by atoms with Crippen LogP contribution in [0.4, 0.5) is 4.39 Å². The molecule has 0 amide bonds. The number of halogens is 1. The second-order valence-electron chi connectivity index (χ2n) is 6.11. The van der Waals surface area contributed by atoms with Crippen molar-refractivity contribution in [2.75, 3.05) is 19.7 Å². The van der Waals surface area contributed by atoms with Crippen LogP contribution in [0.1, 0.15) is 19.4 Å². The van der Waals surface area contributed by atoms with Crippen LogP contribution >= 0.6 is 0 Å². The lowest BCUT2D eigenvalue weighted by Gasteiger charge is -2.43. The Morgan fingerprint density at radius 1 is 1.26 bits per heavy atom. The minimum Gasteiger partial charge on any atom is -0.390 e. The summed E-state index contributed by atoms with van der Waals surface area (Å²) in [4.78, 5) is 2.17. The Bertz CT molecular complexity index is 507. The molecule has 2 aliphatic heterocycles. The molecule has 5 nitrogen and oxygen atoms in total. The number of aliphatic hydroxyl groups excluding tert-OH is 1. The van der Waals surface area contributed by atoms with Crippen molar-refractivity contribution in [1.82, 2.24) is 10.2 Å². The highest BCUT2D eigenvalue weighted by Gasteiger charge is 2.51. The maximum absolute atomic E-state index is 13.0. The molecule has 5 atom stereocenters. The number of hydrogen-bond acceptors (Lipinski definition) is 5. The summed E-state index contributed by atoms with van der Waals surface area (Å²) in [5, 5.41) is 14.2. The van der Waals surface area contributed by atoms with Gasteiger partial charge in [0.25, 0.3) is 0 Å². The Morgan fingerprint density at radius 3 is 2.61 bits per heavy atom. The fourth-order valence-corrected chi connectivity index (χ4v) is 3.52. The summed E-state index contributed by atoms with van der Waals surface area (Å²) in [6.45, 7) is 6.84. The van der Waals surface area contributed by atoms with E-state index in [1.54, 1.807) is 12.1 Å². The van der Waals surface area contributed by atoms with Crippen LogP contribution in [-0.2, 0) is 16.0 Å². The molecule has 5 unspecified atom stereocenters. The lowest BCUT2D eigenvalue weighted by atomic mass is 9.94. The van der Waals surface area contributed by atoms with Crippen molar-refractivity contribution >= 4 is 0 Å². The predicted octanol–water partition coefficient (Wildman–Crippen LogP) is 1.11. The zero-order valence-corrected chi connectivity index (χ0v) is 13.6. The van der Waals surface area contributed by atoms with Crippen LogP contribution in [0.15, 0.2) is 24.3 Å². The predicted molar refractivity (Wildman–Crippen MR) is 84.4 cm³/mol. The van der Waals surface area contributed by atoms with E-state index >= 15 is 0 Å². The number of rotatable bonds is 6. The van der Waals surface area contributed by atoms with E-state index in [2.05, 4.69) is 24.1 Å². The molecule has 0 aromatic heterocycles. The van der Waals surface area contributed by atoms with Gasteiger partial charge in [-0.1, -0.05) is 26.0 Å². The van der Waals surface area contributed by atoms with Crippen LogP contribution in [0.5, 0.6) is 0 Å². The van der Waals surface area contributed by atoms with Gasteiger partial charge in [0.2, 0.25) is 0 Å². The van der Waals surface area contributed by atoms with Gasteiger partial charge < -0.3 is 19.9 Å². The Balaban J connectivity index is 1.69. The first-order valence-electron chi connectivity index (χ1n) is 8.31. The molecule has 0 saturated carbocycles. The van der Waals surface area contributed by atoms with E-state index in [1.807, 2.05) is 0 Å². The monoisotopic (exact) mass is 324 g/mol. The van der Waals surface area contributed by atoms with Gasteiger partial charge in [0.05, 0.1) is 24.8 Å². The van der Waals surface area contributed by atoms with Gasteiger partial charge >= 0.3 is 0 Å². The number of hydrogen-bond donors (Lipinski definition) is 2. The SMILES string of the molecule is CCN(CC)C1C2OCC(O2)C(NCc2ccc(F)cc2)C1O. The van der Waals surface area contributed by atoms with Crippen molar-refractivity contribution in [2.24, 2.45) is 0 Å². The molecule has 2 saturated heterocycles. The van der Waals surface area contributed by atoms with Gasteiger partial charge in [-0.05, 0) is 30.8 Å². The Labute approximate surface area is 136 Å². The van der Waals surface area contributed by atoms with Gasteiger partial charge in [0.1, 0.15) is 11.9 Å². The Kier molecular flexibility index (Phi) is 5.28. The highest BCUT2D eigenvalue weighted by atomic mass is 19.1. The quantitative estimate of drug-likeness (QED) is 0.821. The molecule has 2 bridgehead atoms. The van der Waals surface area contributed by atoms with Crippen molar-refractivity contribution in [3.63, 3.8) is 0 Å². The number of likely N-dealkylation sites (N-methyl/N-ethyl adjacent to an activating group) is 1. The minimum atomic E-state index is -0.568. The van der Waals surface area contributed by atoms with Gasteiger partial charge in [0.15, 0.2) is 6.29 Å². The van der Waals surface area contributed by atoms with Crippen LogP contribution in [0.2, 0.25) is 0 Å². The van der Waals surface area contributed by atoms with Gasteiger partial charge in [0, 0.05) is 6.54 Å². The summed E-state index contributed by atoms with van der Waals surface area (Å²) in [6, 6.07) is 6.00. The molecule has 0 radical (unpaired) electrons. The number of nitrogens with zero attached hydrogens (tertiary/aromatic N) is 1. The molecular weight excluding hydrogens is 299 g/mol. The van der Waals surface area contributed by atoms with Gasteiger partial charge in [-0.2, -0.15) is 0 Å². The van der Waals surface area contributed by atoms with E-state index in [9.17, 15) is 9.50 Å². The fourth-order valence-electron chi connectivity index (χ4n) is 3.52. The van der Waals surface area contributed by atoms with Crippen LogP contribution < -0.4 is 5.32 Å². The first kappa shape index (κ1) is 16.8. The van der Waals surface area contributed by atoms with Crippen LogP contribution in [0.25, 0.3) is 0 Å². The number of fused-ring (bicyclic) bond motifs is 2. The number of ether oxygens (including phenoxy) is 2. The molecule has 0 spiro atoms. The molecule has 2 fully saturated rings. The summed E-state index contributed by atoms with van der Waals surface area (Å²) in [5.41, 5.74) is 0.971. The van der Waals surface area contributed by atoms with E-state index in [1.165, 1.54) is 12.1 Å². The van der Waals surface area contributed by atoms with Crippen molar-refractivity contribution in [1.29, 1.82) is 0 Å². The molecule has 2 heterocycles. The average Bonchev–Trinajstić information content (AvgIpc) is 2.98. The lowest BCUT2D eigenvalue weighted by Crippen LogP contribution is -2.64. The molecule has 128 valence electrons. The highest BCUT2D eigenvalue weighted by molar-refractivity contribution is 5.16. The highest BCUT2D eigenvalue weighted by Crippen LogP contribution is 2.31. The molecule has 2 aliphatic rings. The van der Waals surface area contributed by atoms with E-state index in [-0.39, 0.29) is 30.3 Å². The first-order chi connectivity index (χ1) is 11.1. The summed E-state index contributed by atoms with van der Waals surface area (Å²) < 4.78 is 24.6.